The molecule has 1 aliphatic heterocycles. The van der Waals surface area contributed by atoms with Crippen LogP contribution in [0.3, 0.4) is 0 Å². The summed E-state index contributed by atoms with van der Waals surface area (Å²) in [5, 5.41) is 3.13. The highest BCUT2D eigenvalue weighted by atomic mass is 32.2. The van der Waals surface area contributed by atoms with Crippen LogP contribution in [-0.4, -0.2) is 32.2 Å². The number of carbonyl (C=O) groups excluding carboxylic acids is 1. The second-order valence-electron chi connectivity index (χ2n) is 8.25. The van der Waals surface area contributed by atoms with E-state index >= 15 is 0 Å². The monoisotopic (exact) mass is 430 g/mol. The van der Waals surface area contributed by atoms with Gasteiger partial charge in [0.25, 0.3) is 5.91 Å². The Kier molecular flexibility index (Phi) is 6.13. The van der Waals surface area contributed by atoms with E-state index in [0.29, 0.717) is 24.2 Å². The summed E-state index contributed by atoms with van der Waals surface area (Å²) in [6, 6.07) is 12.5. The summed E-state index contributed by atoms with van der Waals surface area (Å²) in [5.74, 6) is 0.625. The molecule has 0 bridgehead atoms. The van der Waals surface area contributed by atoms with E-state index in [0.717, 1.165) is 16.9 Å². The van der Waals surface area contributed by atoms with Crippen LogP contribution in [-0.2, 0) is 10.0 Å². The van der Waals surface area contributed by atoms with Gasteiger partial charge in [0.1, 0.15) is 11.4 Å². The lowest BCUT2D eigenvalue weighted by atomic mass is 9.88. The number of benzene rings is 2. The molecule has 0 aliphatic carbocycles. The summed E-state index contributed by atoms with van der Waals surface area (Å²) < 4.78 is 31.9. The van der Waals surface area contributed by atoms with Crippen molar-refractivity contribution >= 4 is 21.6 Å². The molecule has 30 heavy (non-hydrogen) atoms. The van der Waals surface area contributed by atoms with E-state index in [4.69, 9.17) is 4.74 Å². The summed E-state index contributed by atoms with van der Waals surface area (Å²) >= 11 is 0. The Bertz CT molecular complexity index is 1030. The zero-order valence-electron chi connectivity index (χ0n) is 18.2. The molecule has 1 aliphatic rings. The molecule has 7 heteroatoms. The first kappa shape index (κ1) is 22.2. The first-order chi connectivity index (χ1) is 14.1. The number of hydrogen-bond acceptors (Lipinski definition) is 4. The van der Waals surface area contributed by atoms with Crippen molar-refractivity contribution < 1.29 is 17.9 Å². The highest BCUT2D eigenvalue weighted by Crippen LogP contribution is 2.40. The van der Waals surface area contributed by atoms with Crippen LogP contribution in [0.5, 0.6) is 5.75 Å². The van der Waals surface area contributed by atoms with Crippen molar-refractivity contribution in [2.45, 2.75) is 52.7 Å². The Morgan fingerprint density at radius 1 is 1.17 bits per heavy atom. The van der Waals surface area contributed by atoms with Crippen molar-refractivity contribution in [1.82, 2.24) is 5.32 Å². The summed E-state index contributed by atoms with van der Waals surface area (Å²) in [4.78, 5) is 12.9. The third kappa shape index (κ3) is 4.61. The fraction of sp³-hybridized carbons (Fsp3) is 0.435. The first-order valence-electron chi connectivity index (χ1n) is 10.3. The van der Waals surface area contributed by atoms with Gasteiger partial charge >= 0.3 is 0 Å². The van der Waals surface area contributed by atoms with E-state index in [9.17, 15) is 13.2 Å². The van der Waals surface area contributed by atoms with Gasteiger partial charge in [-0.3, -0.25) is 9.10 Å². The molecule has 2 aromatic carbocycles. The summed E-state index contributed by atoms with van der Waals surface area (Å²) in [6.07, 6.45) is 0.658. The predicted molar refractivity (Wildman–Crippen MR) is 120 cm³/mol. The van der Waals surface area contributed by atoms with Crippen LogP contribution in [0.25, 0.3) is 0 Å². The van der Waals surface area contributed by atoms with Crippen LogP contribution in [0.4, 0.5) is 5.69 Å². The molecule has 3 rings (SSSR count). The van der Waals surface area contributed by atoms with Crippen molar-refractivity contribution in [3.8, 4) is 5.75 Å². The number of hydrogen-bond donors (Lipinski definition) is 1. The van der Waals surface area contributed by atoms with Gasteiger partial charge in [0.15, 0.2) is 0 Å². The third-order valence-electron chi connectivity index (χ3n) is 5.33. The van der Waals surface area contributed by atoms with Gasteiger partial charge in [-0.1, -0.05) is 17.7 Å². The SMILES string of the molecule is CCN(c1ccc(C(=O)NC2CC(C)(C)Oc3ccc(C)cc32)cc1)S(=O)(=O)CC. The minimum absolute atomic E-state index is 0.0292. The zero-order chi connectivity index (χ0) is 22.1. The fourth-order valence-corrected chi connectivity index (χ4v) is 4.97. The minimum atomic E-state index is -3.35. The molecule has 1 N–H and O–H groups in total. The predicted octanol–water partition coefficient (Wildman–Crippen LogP) is 4.20. The highest BCUT2D eigenvalue weighted by molar-refractivity contribution is 7.92. The van der Waals surface area contributed by atoms with E-state index in [2.05, 4.69) is 5.32 Å². The number of nitrogens with one attached hydrogen (secondary N) is 1. The molecular formula is C23H30N2O4S. The molecule has 6 nitrogen and oxygen atoms in total. The number of amides is 1. The number of carbonyl (C=O) groups is 1. The van der Waals surface area contributed by atoms with E-state index in [1.165, 1.54) is 4.31 Å². The maximum Gasteiger partial charge on any atom is 0.251 e. The average Bonchev–Trinajstić information content (AvgIpc) is 2.69. The molecule has 0 spiro atoms. The molecule has 0 aromatic heterocycles. The van der Waals surface area contributed by atoms with Crippen LogP contribution in [0, 0.1) is 6.92 Å². The van der Waals surface area contributed by atoms with Crippen LogP contribution in [0.1, 0.15) is 61.6 Å². The molecule has 1 amide bonds. The van der Waals surface area contributed by atoms with Gasteiger partial charge < -0.3 is 10.1 Å². The number of nitrogens with zero attached hydrogens (tertiary/aromatic N) is 1. The standard InChI is InChI=1S/C23H30N2O4S/c1-6-25(30(27,28)7-2)18-11-9-17(10-12-18)22(26)24-20-15-23(4,5)29-21-13-8-16(3)14-19(20)21/h8-14,20H,6-7,15H2,1-5H3,(H,24,26). The fourth-order valence-electron chi connectivity index (χ4n) is 3.82. The molecular weight excluding hydrogens is 400 g/mol. The van der Waals surface area contributed by atoms with Crippen molar-refractivity contribution in [2.24, 2.45) is 0 Å². The lowest BCUT2D eigenvalue weighted by Crippen LogP contribution is -2.41. The van der Waals surface area contributed by atoms with Crippen molar-refractivity contribution in [1.29, 1.82) is 0 Å². The van der Waals surface area contributed by atoms with Crippen molar-refractivity contribution in [2.75, 3.05) is 16.6 Å². The topological polar surface area (TPSA) is 75.7 Å². The summed E-state index contributed by atoms with van der Waals surface area (Å²) in [5.41, 5.74) is 2.74. The van der Waals surface area contributed by atoms with Crippen molar-refractivity contribution in [3.63, 3.8) is 0 Å². The Balaban J connectivity index is 1.82. The van der Waals surface area contributed by atoms with E-state index < -0.39 is 10.0 Å². The molecule has 0 saturated carbocycles. The van der Waals surface area contributed by atoms with Gasteiger partial charge in [0, 0.05) is 24.1 Å². The molecule has 2 aromatic rings. The zero-order valence-corrected chi connectivity index (χ0v) is 19.0. The van der Waals surface area contributed by atoms with E-state index in [1.54, 1.807) is 38.1 Å². The number of ether oxygens (including phenoxy) is 1. The van der Waals surface area contributed by atoms with Gasteiger partial charge in [-0.05, 0) is 65.0 Å². The van der Waals surface area contributed by atoms with Crippen molar-refractivity contribution in [3.05, 3.63) is 59.2 Å². The molecule has 1 heterocycles. The Labute approximate surface area is 179 Å². The van der Waals surface area contributed by atoms with Gasteiger partial charge in [0.05, 0.1) is 17.5 Å². The molecule has 1 unspecified atom stereocenters. The Hall–Kier alpha value is -2.54. The van der Waals surface area contributed by atoms with Gasteiger partial charge in [-0.15, -0.1) is 0 Å². The number of fused-ring (bicyclic) bond motifs is 1. The molecule has 162 valence electrons. The summed E-state index contributed by atoms with van der Waals surface area (Å²) in [7, 11) is -3.35. The van der Waals surface area contributed by atoms with E-state index in [1.807, 2.05) is 39.0 Å². The molecule has 1 atom stereocenters. The third-order valence-corrected chi connectivity index (χ3v) is 7.20. The second kappa shape index (κ2) is 8.30. The first-order valence-corrected chi connectivity index (χ1v) is 11.9. The smallest absolute Gasteiger partial charge is 0.251 e. The van der Waals surface area contributed by atoms with E-state index in [-0.39, 0.29) is 23.3 Å². The van der Waals surface area contributed by atoms with Gasteiger partial charge in [0.2, 0.25) is 10.0 Å². The van der Waals surface area contributed by atoms with Crippen LogP contribution in [0.15, 0.2) is 42.5 Å². The lowest BCUT2D eigenvalue weighted by Gasteiger charge is -2.38. The maximum absolute atomic E-state index is 12.9. The van der Waals surface area contributed by atoms with Crippen LogP contribution in [0.2, 0.25) is 0 Å². The molecule has 0 radical (unpaired) electrons. The number of rotatable bonds is 6. The Morgan fingerprint density at radius 2 is 1.83 bits per heavy atom. The molecule has 0 fully saturated rings. The van der Waals surface area contributed by atoms with Crippen LogP contribution < -0.4 is 14.4 Å². The normalized spacial score (nSPS) is 17.6. The quantitative estimate of drug-likeness (QED) is 0.745. The maximum atomic E-state index is 12.9. The average molecular weight is 431 g/mol. The second-order valence-corrected chi connectivity index (χ2v) is 10.4. The number of anilines is 1. The van der Waals surface area contributed by atoms with Crippen LogP contribution >= 0.6 is 0 Å². The number of aryl methyl sites for hydroxylation is 1. The van der Waals surface area contributed by atoms with Gasteiger partial charge in [-0.25, -0.2) is 8.42 Å². The Morgan fingerprint density at radius 3 is 2.43 bits per heavy atom. The highest BCUT2D eigenvalue weighted by Gasteiger charge is 2.34. The largest absolute Gasteiger partial charge is 0.487 e. The molecule has 0 saturated heterocycles. The van der Waals surface area contributed by atoms with Gasteiger partial charge in [-0.2, -0.15) is 0 Å². The number of sulfonamides is 1. The summed E-state index contributed by atoms with van der Waals surface area (Å²) in [6.45, 7) is 9.79. The minimum Gasteiger partial charge on any atom is -0.487 e. The lowest BCUT2D eigenvalue weighted by molar-refractivity contribution is 0.0619.